The summed E-state index contributed by atoms with van der Waals surface area (Å²) in [6, 6.07) is 3.47. The summed E-state index contributed by atoms with van der Waals surface area (Å²) in [4.78, 5) is 22.0. The fraction of sp³-hybridized carbons (Fsp3) is 0.143. The molecular weight excluding hydrogens is 323 g/mol. The number of nitrogens with zero attached hydrogens (tertiary/aromatic N) is 3. The van der Waals surface area contributed by atoms with Crippen LogP contribution in [0.5, 0.6) is 5.75 Å². The van der Waals surface area contributed by atoms with Crippen molar-refractivity contribution in [3.8, 4) is 17.5 Å². The number of nitrogens with two attached hydrogens (primary N) is 1. The Hall–Kier alpha value is -3.61. The van der Waals surface area contributed by atoms with Gasteiger partial charge in [0.15, 0.2) is 5.69 Å². The van der Waals surface area contributed by atoms with Gasteiger partial charge in [-0.25, -0.2) is 4.79 Å². The lowest BCUT2D eigenvalue weighted by molar-refractivity contribution is -0.387. The van der Waals surface area contributed by atoms with Crippen molar-refractivity contribution in [2.45, 2.75) is 0 Å². The summed E-state index contributed by atoms with van der Waals surface area (Å²) >= 11 is 0. The number of benzene rings is 1. The molecule has 10 heteroatoms. The second-order valence-electron chi connectivity index (χ2n) is 4.51. The van der Waals surface area contributed by atoms with E-state index in [1.54, 1.807) is 6.07 Å². The van der Waals surface area contributed by atoms with Crippen molar-refractivity contribution >= 4 is 17.3 Å². The lowest BCUT2D eigenvalue weighted by Crippen LogP contribution is -2.12. The van der Waals surface area contributed by atoms with E-state index in [-0.39, 0.29) is 28.4 Å². The van der Waals surface area contributed by atoms with E-state index in [1.807, 2.05) is 0 Å². The molecule has 2 aromatic rings. The summed E-state index contributed by atoms with van der Waals surface area (Å²) in [5.41, 5.74) is 4.44. The predicted molar refractivity (Wildman–Crippen MR) is 79.4 cm³/mol. The van der Waals surface area contributed by atoms with Crippen LogP contribution >= 0.6 is 0 Å². The highest BCUT2D eigenvalue weighted by Crippen LogP contribution is 2.34. The topological polar surface area (TPSA) is 133 Å². The van der Waals surface area contributed by atoms with E-state index in [0.717, 1.165) is 23.8 Å². The van der Waals surface area contributed by atoms with Crippen molar-refractivity contribution in [1.29, 1.82) is 5.26 Å². The van der Waals surface area contributed by atoms with Gasteiger partial charge in [-0.1, -0.05) is 0 Å². The number of nitro benzene ring substituents is 1. The highest BCUT2D eigenvalue weighted by Gasteiger charge is 2.26. The average molecular weight is 334 g/mol. The standard InChI is InChI=1S/C14H11FN4O5/c1-23-11-3-8(15)9(19(21)22)4-10(11)18-6-7(5-16)12(17)13(18)14(20)24-2/h3-4,6H,17H2,1-2H3. The minimum Gasteiger partial charge on any atom is -0.494 e. The van der Waals surface area contributed by atoms with E-state index >= 15 is 0 Å². The molecule has 24 heavy (non-hydrogen) atoms. The number of nitriles is 1. The molecule has 1 aromatic carbocycles. The van der Waals surface area contributed by atoms with E-state index < -0.39 is 22.4 Å². The number of carbonyl (C=O) groups excluding carboxylic acids is 1. The Kier molecular flexibility index (Phi) is 4.36. The molecule has 0 spiro atoms. The molecule has 124 valence electrons. The maximum Gasteiger partial charge on any atom is 0.357 e. The number of methoxy groups -OCH3 is 2. The third-order valence-corrected chi connectivity index (χ3v) is 3.25. The van der Waals surface area contributed by atoms with Gasteiger partial charge in [-0.05, 0) is 0 Å². The second kappa shape index (κ2) is 6.25. The van der Waals surface area contributed by atoms with Gasteiger partial charge in [0.1, 0.15) is 11.8 Å². The van der Waals surface area contributed by atoms with Crippen molar-refractivity contribution < 1.29 is 23.6 Å². The van der Waals surface area contributed by atoms with Crippen LogP contribution in [-0.4, -0.2) is 29.7 Å². The van der Waals surface area contributed by atoms with Crippen LogP contribution in [0.1, 0.15) is 16.1 Å². The van der Waals surface area contributed by atoms with Gasteiger partial charge in [0.2, 0.25) is 5.82 Å². The zero-order valence-corrected chi connectivity index (χ0v) is 12.6. The van der Waals surface area contributed by atoms with Crippen LogP contribution in [-0.2, 0) is 4.74 Å². The Morgan fingerprint density at radius 2 is 2.12 bits per heavy atom. The number of aromatic nitrogens is 1. The quantitative estimate of drug-likeness (QED) is 0.511. The first-order chi connectivity index (χ1) is 11.3. The summed E-state index contributed by atoms with van der Waals surface area (Å²) in [5, 5.41) is 20.0. The van der Waals surface area contributed by atoms with E-state index in [2.05, 4.69) is 4.74 Å². The average Bonchev–Trinajstić information content (AvgIpc) is 2.89. The number of nitrogen functional groups attached to an aromatic ring is 1. The molecule has 0 aliphatic carbocycles. The Bertz CT molecular complexity index is 884. The zero-order chi connectivity index (χ0) is 18.0. The first-order valence-electron chi connectivity index (χ1n) is 6.37. The van der Waals surface area contributed by atoms with Gasteiger partial charge < -0.3 is 19.8 Å². The molecule has 0 atom stereocenters. The van der Waals surface area contributed by atoms with Gasteiger partial charge in [0, 0.05) is 18.3 Å². The van der Waals surface area contributed by atoms with Gasteiger partial charge in [0.05, 0.1) is 36.1 Å². The molecule has 9 nitrogen and oxygen atoms in total. The maximum absolute atomic E-state index is 13.8. The molecule has 0 aliphatic heterocycles. The molecule has 0 radical (unpaired) electrons. The Labute approximate surface area is 134 Å². The van der Waals surface area contributed by atoms with E-state index in [4.69, 9.17) is 15.7 Å². The number of carbonyl (C=O) groups is 1. The Balaban J connectivity index is 2.86. The smallest absolute Gasteiger partial charge is 0.357 e. The van der Waals surface area contributed by atoms with Crippen LogP contribution < -0.4 is 10.5 Å². The molecule has 1 aromatic heterocycles. The summed E-state index contributed by atoms with van der Waals surface area (Å²) in [7, 11) is 2.33. The van der Waals surface area contributed by atoms with Crippen LogP contribution in [0.4, 0.5) is 15.8 Å². The summed E-state index contributed by atoms with van der Waals surface area (Å²) in [5.74, 6) is -2.08. The molecule has 0 unspecified atom stereocenters. The van der Waals surface area contributed by atoms with Crippen molar-refractivity contribution in [2.75, 3.05) is 20.0 Å². The van der Waals surface area contributed by atoms with Gasteiger partial charge in [0.25, 0.3) is 0 Å². The number of hydrogen-bond acceptors (Lipinski definition) is 7. The van der Waals surface area contributed by atoms with E-state index in [0.29, 0.717) is 0 Å². The zero-order valence-electron chi connectivity index (χ0n) is 12.6. The molecule has 0 amide bonds. The fourth-order valence-corrected chi connectivity index (χ4v) is 2.13. The lowest BCUT2D eigenvalue weighted by atomic mass is 10.2. The third kappa shape index (κ3) is 2.58. The Morgan fingerprint density at radius 1 is 1.46 bits per heavy atom. The van der Waals surface area contributed by atoms with Crippen LogP contribution in [0.3, 0.4) is 0 Å². The minimum absolute atomic E-state index is 0.0424. The third-order valence-electron chi connectivity index (χ3n) is 3.25. The Morgan fingerprint density at radius 3 is 2.62 bits per heavy atom. The van der Waals surface area contributed by atoms with Crippen molar-refractivity contribution in [3.05, 3.63) is 45.5 Å². The highest BCUT2D eigenvalue weighted by molar-refractivity contribution is 5.96. The maximum atomic E-state index is 13.8. The second-order valence-corrected chi connectivity index (χ2v) is 4.51. The number of anilines is 1. The van der Waals surface area contributed by atoms with Crippen LogP contribution in [0, 0.1) is 27.3 Å². The number of hydrogen-bond donors (Lipinski definition) is 1. The molecular formula is C14H11FN4O5. The van der Waals surface area contributed by atoms with Crippen LogP contribution in [0.15, 0.2) is 18.3 Å². The first-order valence-corrected chi connectivity index (χ1v) is 6.37. The number of halogens is 1. The summed E-state index contributed by atoms with van der Waals surface area (Å²) in [6.07, 6.45) is 1.18. The normalized spacial score (nSPS) is 10.1. The molecule has 1 heterocycles. The number of rotatable bonds is 4. The number of ether oxygens (including phenoxy) is 2. The lowest BCUT2D eigenvalue weighted by Gasteiger charge is -2.12. The molecule has 0 fully saturated rings. The molecule has 2 rings (SSSR count). The molecule has 0 aliphatic rings. The molecule has 0 saturated heterocycles. The monoisotopic (exact) mass is 334 g/mol. The highest BCUT2D eigenvalue weighted by atomic mass is 19.1. The molecule has 0 saturated carbocycles. The SMILES string of the molecule is COC(=O)c1c(N)c(C#N)cn1-c1cc([N+](=O)[O-])c(F)cc1OC. The van der Waals surface area contributed by atoms with Gasteiger partial charge >= 0.3 is 11.7 Å². The van der Waals surface area contributed by atoms with Gasteiger partial charge in [-0.15, -0.1) is 0 Å². The summed E-state index contributed by atoms with van der Waals surface area (Å²) < 4.78 is 24.5. The molecule has 2 N–H and O–H groups in total. The largest absolute Gasteiger partial charge is 0.494 e. The van der Waals surface area contributed by atoms with E-state index in [9.17, 15) is 19.3 Å². The molecule has 0 bridgehead atoms. The van der Waals surface area contributed by atoms with Crippen LogP contribution in [0.2, 0.25) is 0 Å². The number of esters is 1. The van der Waals surface area contributed by atoms with Gasteiger partial charge in [-0.2, -0.15) is 9.65 Å². The summed E-state index contributed by atoms with van der Waals surface area (Å²) in [6.45, 7) is 0. The van der Waals surface area contributed by atoms with Crippen molar-refractivity contribution in [3.63, 3.8) is 0 Å². The fourth-order valence-electron chi connectivity index (χ4n) is 2.13. The number of nitro groups is 1. The van der Waals surface area contributed by atoms with E-state index in [1.165, 1.54) is 13.3 Å². The van der Waals surface area contributed by atoms with Gasteiger partial charge in [-0.3, -0.25) is 10.1 Å². The minimum atomic E-state index is -1.11. The van der Waals surface area contributed by atoms with Crippen molar-refractivity contribution in [2.24, 2.45) is 0 Å². The predicted octanol–water partition coefficient (Wildman–Crippen LogP) is 1.77. The van der Waals surface area contributed by atoms with Crippen LogP contribution in [0.25, 0.3) is 5.69 Å². The van der Waals surface area contributed by atoms with Crippen molar-refractivity contribution in [1.82, 2.24) is 4.57 Å². The first kappa shape index (κ1) is 16.8.